The lowest BCUT2D eigenvalue weighted by Crippen LogP contribution is -2.25. The Labute approximate surface area is 131 Å². The maximum absolute atomic E-state index is 14.4. The molecule has 1 aromatic heterocycles. The fraction of sp³-hybridized carbons (Fsp3) is 0.400. The van der Waals surface area contributed by atoms with Crippen LogP contribution in [0, 0.1) is 18.6 Å². The highest BCUT2D eigenvalue weighted by Gasteiger charge is 2.27. The SMILES string of the molecule is CNC(c1c(F)ccc(C)c1F)c1c(Br)cnn1C(C)C. The Bertz CT molecular complexity index is 653. The lowest BCUT2D eigenvalue weighted by molar-refractivity contribution is 0.460. The molecular weight excluding hydrogens is 340 g/mol. The molecule has 1 atom stereocenters. The largest absolute Gasteiger partial charge is 0.308 e. The summed E-state index contributed by atoms with van der Waals surface area (Å²) in [7, 11) is 1.68. The number of nitrogens with zero attached hydrogens (tertiary/aromatic N) is 2. The Morgan fingerprint density at radius 2 is 1.95 bits per heavy atom. The van der Waals surface area contributed by atoms with Crippen molar-refractivity contribution in [2.24, 2.45) is 0 Å². The molecule has 1 heterocycles. The zero-order chi connectivity index (χ0) is 15.7. The van der Waals surface area contributed by atoms with Crippen LogP contribution in [0.4, 0.5) is 8.78 Å². The van der Waals surface area contributed by atoms with Gasteiger partial charge in [0.2, 0.25) is 0 Å². The Balaban J connectivity index is 2.66. The monoisotopic (exact) mass is 357 g/mol. The van der Waals surface area contributed by atoms with Crippen molar-refractivity contribution in [1.82, 2.24) is 15.1 Å². The summed E-state index contributed by atoms with van der Waals surface area (Å²) >= 11 is 3.42. The van der Waals surface area contributed by atoms with E-state index < -0.39 is 17.7 Å². The minimum atomic E-state index is -0.621. The van der Waals surface area contributed by atoms with Crippen molar-refractivity contribution in [3.8, 4) is 0 Å². The molecule has 0 fully saturated rings. The highest BCUT2D eigenvalue weighted by molar-refractivity contribution is 9.10. The van der Waals surface area contributed by atoms with Crippen LogP contribution in [-0.4, -0.2) is 16.8 Å². The molecule has 0 amide bonds. The van der Waals surface area contributed by atoms with E-state index in [4.69, 9.17) is 0 Å². The van der Waals surface area contributed by atoms with Crippen molar-refractivity contribution in [1.29, 1.82) is 0 Å². The van der Waals surface area contributed by atoms with Gasteiger partial charge < -0.3 is 5.32 Å². The first kappa shape index (κ1) is 16.1. The van der Waals surface area contributed by atoms with Crippen molar-refractivity contribution in [2.75, 3.05) is 7.05 Å². The Morgan fingerprint density at radius 1 is 1.29 bits per heavy atom. The van der Waals surface area contributed by atoms with Crippen LogP contribution in [0.25, 0.3) is 0 Å². The molecule has 2 rings (SSSR count). The molecule has 0 aliphatic heterocycles. The molecule has 0 spiro atoms. The van der Waals surface area contributed by atoms with E-state index >= 15 is 0 Å². The molecule has 1 aromatic carbocycles. The van der Waals surface area contributed by atoms with Gasteiger partial charge in [-0.2, -0.15) is 5.10 Å². The van der Waals surface area contributed by atoms with Gasteiger partial charge in [-0.15, -0.1) is 0 Å². The van der Waals surface area contributed by atoms with Crippen LogP contribution < -0.4 is 5.32 Å². The molecule has 0 saturated carbocycles. The van der Waals surface area contributed by atoms with Gasteiger partial charge in [0, 0.05) is 11.6 Å². The minimum Gasteiger partial charge on any atom is -0.308 e. The second-order valence-electron chi connectivity index (χ2n) is 5.23. The normalized spacial score (nSPS) is 13.0. The molecular formula is C15H18BrF2N3. The highest BCUT2D eigenvalue weighted by Crippen LogP contribution is 2.33. The number of aromatic nitrogens is 2. The van der Waals surface area contributed by atoms with E-state index in [2.05, 4.69) is 26.3 Å². The van der Waals surface area contributed by atoms with E-state index in [1.54, 1.807) is 24.9 Å². The summed E-state index contributed by atoms with van der Waals surface area (Å²) in [6.45, 7) is 5.57. The molecule has 0 aliphatic carbocycles. The fourth-order valence-corrected chi connectivity index (χ4v) is 2.90. The predicted molar refractivity (Wildman–Crippen MR) is 82.3 cm³/mol. The molecule has 21 heavy (non-hydrogen) atoms. The Kier molecular flexibility index (Phi) is 4.78. The summed E-state index contributed by atoms with van der Waals surface area (Å²) in [6, 6.07) is 2.19. The summed E-state index contributed by atoms with van der Waals surface area (Å²) < 4.78 is 31.1. The fourth-order valence-electron chi connectivity index (χ4n) is 2.39. The van der Waals surface area contributed by atoms with Crippen LogP contribution in [0.1, 0.15) is 42.8 Å². The van der Waals surface area contributed by atoms with Gasteiger partial charge in [-0.3, -0.25) is 4.68 Å². The van der Waals surface area contributed by atoms with Gasteiger partial charge >= 0.3 is 0 Å². The van der Waals surface area contributed by atoms with E-state index in [0.717, 1.165) is 4.47 Å². The summed E-state index contributed by atoms with van der Waals surface area (Å²) in [4.78, 5) is 0. The number of aryl methyl sites for hydroxylation is 1. The summed E-state index contributed by atoms with van der Waals surface area (Å²) in [5.74, 6) is -1.10. The van der Waals surface area contributed by atoms with Gasteiger partial charge in [0.15, 0.2) is 0 Å². The van der Waals surface area contributed by atoms with Gasteiger partial charge in [-0.25, -0.2) is 8.78 Å². The van der Waals surface area contributed by atoms with Crippen molar-refractivity contribution >= 4 is 15.9 Å². The summed E-state index contributed by atoms with van der Waals surface area (Å²) in [5.41, 5.74) is 1.13. The van der Waals surface area contributed by atoms with Crippen molar-refractivity contribution in [2.45, 2.75) is 32.9 Å². The number of benzene rings is 1. The Morgan fingerprint density at radius 3 is 2.52 bits per heavy atom. The number of nitrogens with one attached hydrogen (secondary N) is 1. The third kappa shape index (κ3) is 2.87. The highest BCUT2D eigenvalue weighted by atomic mass is 79.9. The van der Waals surface area contributed by atoms with E-state index in [-0.39, 0.29) is 11.6 Å². The van der Waals surface area contributed by atoms with Crippen molar-refractivity contribution in [3.05, 3.63) is 51.3 Å². The van der Waals surface area contributed by atoms with E-state index in [1.165, 1.54) is 12.1 Å². The zero-order valence-corrected chi connectivity index (χ0v) is 14.0. The summed E-state index contributed by atoms with van der Waals surface area (Å²) in [5, 5.41) is 7.27. The standard InChI is InChI=1S/C15H18BrF2N3/c1-8(2)21-15(10(16)7-20-21)14(19-4)12-11(17)6-5-9(3)13(12)18/h5-8,14,19H,1-4H3. The first-order valence-corrected chi connectivity index (χ1v) is 7.52. The second-order valence-corrected chi connectivity index (χ2v) is 6.08. The number of rotatable bonds is 4. The molecule has 6 heteroatoms. The average Bonchev–Trinajstić information content (AvgIpc) is 2.81. The number of halogens is 3. The van der Waals surface area contributed by atoms with E-state index in [1.807, 2.05) is 13.8 Å². The van der Waals surface area contributed by atoms with Gasteiger partial charge in [-0.1, -0.05) is 6.07 Å². The molecule has 0 saturated heterocycles. The van der Waals surface area contributed by atoms with Crippen LogP contribution in [0.15, 0.2) is 22.8 Å². The third-order valence-corrected chi connectivity index (χ3v) is 4.06. The topological polar surface area (TPSA) is 29.9 Å². The molecule has 2 aromatic rings. The van der Waals surface area contributed by atoms with E-state index in [0.29, 0.717) is 11.3 Å². The zero-order valence-electron chi connectivity index (χ0n) is 12.4. The van der Waals surface area contributed by atoms with Gasteiger partial charge in [0.1, 0.15) is 11.6 Å². The van der Waals surface area contributed by atoms with Gasteiger partial charge in [0.25, 0.3) is 0 Å². The number of hydrogen-bond acceptors (Lipinski definition) is 2. The van der Waals surface area contributed by atoms with Crippen LogP contribution >= 0.6 is 15.9 Å². The molecule has 0 radical (unpaired) electrons. The first-order chi connectivity index (χ1) is 9.88. The van der Waals surface area contributed by atoms with Crippen molar-refractivity contribution < 1.29 is 8.78 Å². The average molecular weight is 358 g/mol. The lowest BCUT2D eigenvalue weighted by atomic mass is 9.99. The molecule has 1 unspecified atom stereocenters. The Hall–Kier alpha value is -1.27. The quantitative estimate of drug-likeness (QED) is 0.891. The smallest absolute Gasteiger partial charge is 0.134 e. The lowest BCUT2D eigenvalue weighted by Gasteiger charge is -2.22. The maximum Gasteiger partial charge on any atom is 0.134 e. The van der Waals surface area contributed by atoms with Crippen LogP contribution in [0.2, 0.25) is 0 Å². The van der Waals surface area contributed by atoms with Crippen molar-refractivity contribution in [3.63, 3.8) is 0 Å². The molecule has 0 aliphatic rings. The molecule has 0 bridgehead atoms. The van der Waals surface area contributed by atoms with E-state index in [9.17, 15) is 8.78 Å². The molecule has 3 nitrogen and oxygen atoms in total. The van der Waals surface area contributed by atoms with Gasteiger partial charge in [-0.05, 0) is 55.4 Å². The summed E-state index contributed by atoms with van der Waals surface area (Å²) in [6.07, 6.45) is 1.64. The predicted octanol–water partition coefficient (Wildman–Crippen LogP) is 4.12. The minimum absolute atomic E-state index is 0.0144. The molecule has 114 valence electrons. The first-order valence-electron chi connectivity index (χ1n) is 6.73. The maximum atomic E-state index is 14.4. The molecule has 1 N–H and O–H groups in total. The van der Waals surface area contributed by atoms with Crippen LogP contribution in [0.3, 0.4) is 0 Å². The van der Waals surface area contributed by atoms with Crippen LogP contribution in [-0.2, 0) is 0 Å². The number of hydrogen-bond donors (Lipinski definition) is 1. The van der Waals surface area contributed by atoms with Gasteiger partial charge in [0.05, 0.1) is 22.4 Å². The second kappa shape index (κ2) is 6.23. The van der Waals surface area contributed by atoms with Crippen LogP contribution in [0.5, 0.6) is 0 Å². The third-order valence-electron chi connectivity index (χ3n) is 3.45.